The van der Waals surface area contributed by atoms with Crippen molar-refractivity contribution in [3.63, 3.8) is 0 Å². The van der Waals surface area contributed by atoms with Crippen molar-refractivity contribution in [3.8, 4) is 0 Å². The number of Topliss-reactive ketones (excluding diaryl/α,β-unsaturated/α-hetero) is 1. The van der Waals surface area contributed by atoms with E-state index in [0.717, 1.165) is 0 Å². The summed E-state index contributed by atoms with van der Waals surface area (Å²) in [7, 11) is -1.53. The van der Waals surface area contributed by atoms with Crippen LogP contribution in [0.1, 0.15) is 10.4 Å². The molecule has 0 aliphatic rings. The average molecular weight is 297 g/mol. The predicted molar refractivity (Wildman–Crippen MR) is 73.5 cm³/mol. The Labute approximate surface area is 117 Å². The first-order chi connectivity index (χ1) is 9.08. The molecular formula is C14H10ClFO2S. The fourth-order valence-electron chi connectivity index (χ4n) is 1.58. The van der Waals surface area contributed by atoms with Gasteiger partial charge in [0, 0.05) is 9.92 Å². The molecule has 19 heavy (non-hydrogen) atoms. The molecule has 98 valence electrons. The van der Waals surface area contributed by atoms with Gasteiger partial charge in [-0.25, -0.2) is 4.39 Å². The Morgan fingerprint density at radius 3 is 2.58 bits per heavy atom. The predicted octanol–water partition coefficient (Wildman–Crippen LogP) is 3.47. The van der Waals surface area contributed by atoms with Crippen LogP contribution in [0.25, 0.3) is 0 Å². The summed E-state index contributed by atoms with van der Waals surface area (Å²) in [4.78, 5) is 12.3. The van der Waals surface area contributed by atoms with E-state index in [2.05, 4.69) is 0 Å². The first-order valence-corrected chi connectivity index (χ1v) is 7.19. The highest BCUT2D eigenvalue weighted by Gasteiger charge is 2.15. The monoisotopic (exact) mass is 296 g/mol. The number of halogens is 2. The molecule has 0 amide bonds. The van der Waals surface area contributed by atoms with Crippen molar-refractivity contribution < 1.29 is 13.4 Å². The zero-order chi connectivity index (χ0) is 13.8. The second-order valence-corrected chi connectivity index (χ2v) is 5.74. The van der Waals surface area contributed by atoms with Crippen LogP contribution in [0.3, 0.4) is 0 Å². The number of carbonyl (C=O) groups excluding carboxylic acids is 1. The topological polar surface area (TPSA) is 34.1 Å². The van der Waals surface area contributed by atoms with E-state index in [9.17, 15) is 13.4 Å². The van der Waals surface area contributed by atoms with E-state index in [1.807, 2.05) is 0 Å². The van der Waals surface area contributed by atoms with Gasteiger partial charge in [-0.2, -0.15) is 0 Å². The van der Waals surface area contributed by atoms with Crippen LogP contribution >= 0.6 is 11.6 Å². The van der Waals surface area contributed by atoms with Crippen LogP contribution in [-0.4, -0.2) is 15.7 Å². The third-order valence-electron chi connectivity index (χ3n) is 2.50. The number of benzene rings is 2. The van der Waals surface area contributed by atoms with Gasteiger partial charge in [0.05, 0.1) is 22.1 Å². The van der Waals surface area contributed by atoms with Gasteiger partial charge < -0.3 is 0 Å². The summed E-state index contributed by atoms with van der Waals surface area (Å²) in [6.07, 6.45) is 0. The van der Waals surface area contributed by atoms with Gasteiger partial charge in [0.15, 0.2) is 5.78 Å². The van der Waals surface area contributed by atoms with Crippen LogP contribution in [0.5, 0.6) is 0 Å². The van der Waals surface area contributed by atoms with Gasteiger partial charge in [0.1, 0.15) is 5.82 Å². The van der Waals surface area contributed by atoms with Crippen molar-refractivity contribution in [2.75, 3.05) is 5.75 Å². The van der Waals surface area contributed by atoms with Crippen molar-refractivity contribution in [1.29, 1.82) is 0 Å². The van der Waals surface area contributed by atoms with Crippen LogP contribution in [0.4, 0.5) is 4.39 Å². The lowest BCUT2D eigenvalue weighted by Crippen LogP contribution is -2.12. The molecule has 1 unspecified atom stereocenters. The van der Waals surface area contributed by atoms with Gasteiger partial charge in [-0.15, -0.1) is 0 Å². The fraction of sp³-hybridized carbons (Fsp3) is 0.0714. The minimum absolute atomic E-state index is 0.0436. The molecule has 2 rings (SSSR count). The van der Waals surface area contributed by atoms with E-state index in [4.69, 9.17) is 11.6 Å². The molecule has 0 saturated heterocycles. The molecule has 0 saturated carbocycles. The largest absolute Gasteiger partial charge is 0.293 e. The summed E-state index contributed by atoms with van der Waals surface area (Å²) in [6, 6.07) is 12.1. The molecule has 0 spiro atoms. The standard InChI is InChI=1S/C14H10ClFO2S/c15-10-4-3-5-11(8-10)19(18)9-14(17)12-6-1-2-7-13(12)16/h1-8H,9H2. The van der Waals surface area contributed by atoms with Crippen molar-refractivity contribution in [3.05, 3.63) is 64.9 Å². The summed E-state index contributed by atoms with van der Waals surface area (Å²) in [5, 5.41) is 0.448. The molecule has 0 bridgehead atoms. The molecule has 0 heterocycles. The molecular weight excluding hydrogens is 287 g/mol. The highest BCUT2D eigenvalue weighted by atomic mass is 35.5. The fourth-order valence-corrected chi connectivity index (χ4v) is 2.88. The van der Waals surface area contributed by atoms with Crippen molar-refractivity contribution in [2.24, 2.45) is 0 Å². The van der Waals surface area contributed by atoms with E-state index in [-0.39, 0.29) is 11.3 Å². The average Bonchev–Trinajstić information content (AvgIpc) is 2.39. The number of hydrogen-bond donors (Lipinski definition) is 0. The van der Waals surface area contributed by atoms with Crippen LogP contribution in [0.2, 0.25) is 5.02 Å². The van der Waals surface area contributed by atoms with Gasteiger partial charge >= 0.3 is 0 Å². The maximum Gasteiger partial charge on any atom is 0.178 e. The number of ketones is 1. The third-order valence-corrected chi connectivity index (χ3v) is 4.03. The lowest BCUT2D eigenvalue weighted by Gasteiger charge is -2.03. The lowest BCUT2D eigenvalue weighted by atomic mass is 10.1. The van der Waals surface area contributed by atoms with Crippen molar-refractivity contribution >= 4 is 28.2 Å². The van der Waals surface area contributed by atoms with E-state index in [1.165, 1.54) is 24.3 Å². The summed E-state index contributed by atoms with van der Waals surface area (Å²) in [5.41, 5.74) is -0.0436. The molecule has 0 aliphatic heterocycles. The Hall–Kier alpha value is -1.52. The Kier molecular flexibility index (Phi) is 4.45. The molecule has 1 atom stereocenters. The quantitative estimate of drug-likeness (QED) is 0.810. The number of carbonyl (C=O) groups is 1. The van der Waals surface area contributed by atoms with Crippen LogP contribution < -0.4 is 0 Å². The van der Waals surface area contributed by atoms with Gasteiger partial charge in [-0.05, 0) is 30.3 Å². The lowest BCUT2D eigenvalue weighted by molar-refractivity contribution is 0.101. The van der Waals surface area contributed by atoms with Crippen molar-refractivity contribution in [2.45, 2.75) is 4.90 Å². The summed E-state index contributed by atoms with van der Waals surface area (Å²) < 4.78 is 25.4. The van der Waals surface area contributed by atoms with Crippen LogP contribution in [0, 0.1) is 5.82 Å². The minimum Gasteiger partial charge on any atom is -0.293 e. The maximum atomic E-state index is 13.4. The minimum atomic E-state index is -1.53. The number of rotatable bonds is 4. The highest BCUT2D eigenvalue weighted by molar-refractivity contribution is 7.85. The van der Waals surface area contributed by atoms with E-state index >= 15 is 0 Å². The summed E-state index contributed by atoms with van der Waals surface area (Å²) in [5.74, 6) is -1.35. The first-order valence-electron chi connectivity index (χ1n) is 5.49. The van der Waals surface area contributed by atoms with E-state index in [0.29, 0.717) is 9.92 Å². The molecule has 2 aromatic rings. The first kappa shape index (κ1) is 13.9. The molecule has 0 fully saturated rings. The van der Waals surface area contributed by atoms with E-state index < -0.39 is 22.4 Å². The molecule has 2 aromatic carbocycles. The van der Waals surface area contributed by atoms with Crippen molar-refractivity contribution in [1.82, 2.24) is 0 Å². The van der Waals surface area contributed by atoms with Gasteiger partial charge in [-0.1, -0.05) is 29.8 Å². The smallest absolute Gasteiger partial charge is 0.178 e. The van der Waals surface area contributed by atoms with E-state index in [1.54, 1.807) is 24.3 Å². The second kappa shape index (κ2) is 6.08. The normalized spacial score (nSPS) is 12.1. The third kappa shape index (κ3) is 3.49. The Bertz CT molecular complexity index is 643. The molecule has 0 radical (unpaired) electrons. The molecule has 0 aromatic heterocycles. The summed E-state index contributed by atoms with van der Waals surface area (Å²) >= 11 is 5.79. The maximum absolute atomic E-state index is 13.4. The Balaban J connectivity index is 2.16. The number of hydrogen-bond acceptors (Lipinski definition) is 2. The van der Waals surface area contributed by atoms with Gasteiger partial charge in [0.2, 0.25) is 0 Å². The zero-order valence-electron chi connectivity index (χ0n) is 9.81. The van der Waals surface area contributed by atoms with Gasteiger partial charge in [0.25, 0.3) is 0 Å². The Morgan fingerprint density at radius 2 is 1.89 bits per heavy atom. The summed E-state index contributed by atoms with van der Waals surface area (Å²) in [6.45, 7) is 0. The molecule has 2 nitrogen and oxygen atoms in total. The van der Waals surface area contributed by atoms with Gasteiger partial charge in [-0.3, -0.25) is 9.00 Å². The van der Waals surface area contributed by atoms with Crippen LogP contribution in [-0.2, 0) is 10.8 Å². The second-order valence-electron chi connectivity index (χ2n) is 3.85. The SMILES string of the molecule is O=C(CS(=O)c1cccc(Cl)c1)c1ccccc1F. The molecule has 0 N–H and O–H groups in total. The zero-order valence-corrected chi connectivity index (χ0v) is 11.4. The highest BCUT2D eigenvalue weighted by Crippen LogP contribution is 2.16. The molecule has 5 heteroatoms. The Morgan fingerprint density at radius 1 is 1.16 bits per heavy atom. The molecule has 0 aliphatic carbocycles. The van der Waals surface area contributed by atoms with Crippen LogP contribution in [0.15, 0.2) is 53.4 Å².